The van der Waals surface area contributed by atoms with Gasteiger partial charge in [0.25, 0.3) is 5.91 Å². The summed E-state index contributed by atoms with van der Waals surface area (Å²) in [6.45, 7) is -0.895. The van der Waals surface area contributed by atoms with E-state index in [1.54, 1.807) is 21.4 Å². The van der Waals surface area contributed by atoms with E-state index < -0.39 is 23.3 Å². The Hall–Kier alpha value is -0.760. The first kappa shape index (κ1) is 11.2. The van der Waals surface area contributed by atoms with Gasteiger partial charge in [0.1, 0.15) is 6.61 Å². The molecule has 0 unspecified atom stereocenters. The molecule has 0 aliphatic heterocycles. The Morgan fingerprint density at radius 1 is 1.42 bits per heavy atom. The highest BCUT2D eigenvalue weighted by Gasteiger charge is 2.35. The normalized spacial score (nSPS) is 10.7. The Balaban J connectivity index is 3.81. The molecule has 5 nitrogen and oxygen atoms in total. The minimum absolute atomic E-state index is 0.895. The Morgan fingerprint density at radius 2 is 1.92 bits per heavy atom. The summed E-state index contributed by atoms with van der Waals surface area (Å²) in [4.78, 5) is 16.7. The van der Waals surface area contributed by atoms with Crippen molar-refractivity contribution in [1.29, 1.82) is 0 Å². The van der Waals surface area contributed by atoms with Gasteiger partial charge in [0.2, 0.25) is 0 Å². The van der Waals surface area contributed by atoms with Gasteiger partial charge in [-0.15, -0.1) is 0 Å². The van der Waals surface area contributed by atoms with Crippen molar-refractivity contribution in [3.05, 3.63) is 0 Å². The van der Waals surface area contributed by atoms with E-state index in [9.17, 15) is 18.4 Å². The van der Waals surface area contributed by atoms with Gasteiger partial charge in [0.15, 0.2) is 0 Å². The first-order valence-electron chi connectivity index (χ1n) is 2.64. The lowest BCUT2D eigenvalue weighted by molar-refractivity contribution is -0.138. The number of amides is 2. The van der Waals surface area contributed by atoms with Gasteiger partial charge in [0, 0.05) is 15.9 Å². The fourth-order valence-corrected chi connectivity index (χ4v) is 0.336. The monoisotopic (exact) mass is 246 g/mol. The van der Waals surface area contributed by atoms with Crippen LogP contribution in [0.2, 0.25) is 0 Å². The standard InChI is InChI=1S/C4H5BrF2N2O3/c5-4(6,7)3(12)9-8-2(11)1-10/h10H,1H2,(H,8,11)(H,9,12). The topological polar surface area (TPSA) is 78.4 Å². The first-order valence-corrected chi connectivity index (χ1v) is 3.44. The SMILES string of the molecule is O=C(CO)NNC(=O)C(F)(F)Br. The predicted molar refractivity (Wildman–Crippen MR) is 37.2 cm³/mol. The number of rotatable bonds is 2. The molecule has 0 saturated carbocycles. The molecule has 0 aromatic rings. The third-order valence-electron chi connectivity index (χ3n) is 0.717. The van der Waals surface area contributed by atoms with Crippen LogP contribution in [0.1, 0.15) is 0 Å². The van der Waals surface area contributed by atoms with Crippen LogP contribution < -0.4 is 10.9 Å². The maximum Gasteiger partial charge on any atom is 0.379 e. The van der Waals surface area contributed by atoms with Crippen LogP contribution >= 0.6 is 15.9 Å². The second-order valence-corrected chi connectivity index (χ2v) is 2.65. The maximum atomic E-state index is 12.0. The molecule has 8 heteroatoms. The Bertz CT molecular complexity index is 193. The van der Waals surface area contributed by atoms with Crippen LogP contribution in [0.25, 0.3) is 0 Å². The summed E-state index contributed by atoms with van der Waals surface area (Å²) < 4.78 is 23.9. The van der Waals surface area contributed by atoms with Crippen molar-refractivity contribution in [3.8, 4) is 0 Å². The molecular formula is C4H5BrF2N2O3. The number of aliphatic hydroxyl groups excluding tert-OH is 1. The lowest BCUT2D eigenvalue weighted by Gasteiger charge is -2.08. The molecule has 0 spiro atoms. The Labute approximate surface area is 74.2 Å². The molecule has 0 aromatic carbocycles. The molecule has 0 aromatic heterocycles. The van der Waals surface area contributed by atoms with Crippen LogP contribution in [0.3, 0.4) is 0 Å². The van der Waals surface area contributed by atoms with Crippen LogP contribution in [0, 0.1) is 0 Å². The molecular weight excluding hydrogens is 242 g/mol. The van der Waals surface area contributed by atoms with E-state index in [4.69, 9.17) is 5.11 Å². The van der Waals surface area contributed by atoms with Gasteiger partial charge >= 0.3 is 10.7 Å². The minimum atomic E-state index is -3.74. The number of hydrogen-bond acceptors (Lipinski definition) is 3. The summed E-state index contributed by atoms with van der Waals surface area (Å²) in [5, 5.41) is 8.09. The van der Waals surface area contributed by atoms with Crippen LogP contribution in [-0.2, 0) is 9.59 Å². The van der Waals surface area contributed by atoms with E-state index in [-0.39, 0.29) is 0 Å². The molecule has 0 radical (unpaired) electrons. The molecule has 12 heavy (non-hydrogen) atoms. The van der Waals surface area contributed by atoms with Crippen LogP contribution in [0.4, 0.5) is 8.78 Å². The van der Waals surface area contributed by atoms with Gasteiger partial charge < -0.3 is 5.11 Å². The molecule has 0 fully saturated rings. The molecule has 70 valence electrons. The predicted octanol–water partition coefficient (Wildman–Crippen LogP) is -0.886. The first-order chi connectivity index (χ1) is 5.38. The molecule has 0 bridgehead atoms. The van der Waals surface area contributed by atoms with Crippen molar-refractivity contribution in [2.75, 3.05) is 6.61 Å². The lowest BCUT2D eigenvalue weighted by Crippen LogP contribution is -2.48. The Kier molecular flexibility index (Phi) is 4.04. The van der Waals surface area contributed by atoms with Crippen LogP contribution in [-0.4, -0.2) is 28.4 Å². The highest BCUT2D eigenvalue weighted by Crippen LogP contribution is 2.20. The van der Waals surface area contributed by atoms with E-state index in [0.717, 1.165) is 0 Å². The number of carbonyl (C=O) groups excluding carboxylic acids is 2. The molecule has 3 N–H and O–H groups in total. The van der Waals surface area contributed by atoms with Crippen molar-refractivity contribution in [2.45, 2.75) is 4.83 Å². The highest BCUT2D eigenvalue weighted by atomic mass is 79.9. The molecule has 2 amide bonds. The minimum Gasteiger partial charge on any atom is -0.386 e. The van der Waals surface area contributed by atoms with Gasteiger partial charge in [-0.25, -0.2) is 0 Å². The summed E-state index contributed by atoms with van der Waals surface area (Å²) in [6.07, 6.45) is 0. The number of hydrogen-bond donors (Lipinski definition) is 3. The molecule has 0 heterocycles. The van der Waals surface area contributed by atoms with Crippen molar-refractivity contribution in [1.82, 2.24) is 10.9 Å². The van der Waals surface area contributed by atoms with E-state index in [1.165, 1.54) is 5.43 Å². The van der Waals surface area contributed by atoms with Gasteiger partial charge in [-0.1, -0.05) is 0 Å². The fourth-order valence-electron chi connectivity index (χ4n) is 0.237. The summed E-state index contributed by atoms with van der Waals surface area (Å²) >= 11 is 1.76. The fraction of sp³-hybridized carbons (Fsp3) is 0.500. The van der Waals surface area contributed by atoms with Crippen LogP contribution in [0.15, 0.2) is 0 Å². The molecule has 0 aliphatic rings. The number of aliphatic hydroxyl groups is 1. The van der Waals surface area contributed by atoms with Crippen LogP contribution in [0.5, 0.6) is 0 Å². The second-order valence-electron chi connectivity index (χ2n) is 1.66. The Morgan fingerprint density at radius 3 is 2.25 bits per heavy atom. The van der Waals surface area contributed by atoms with Gasteiger partial charge in [0.05, 0.1) is 0 Å². The number of alkyl halides is 3. The lowest BCUT2D eigenvalue weighted by atomic mass is 10.6. The zero-order chi connectivity index (χ0) is 9.78. The van der Waals surface area contributed by atoms with E-state index >= 15 is 0 Å². The van der Waals surface area contributed by atoms with E-state index in [0.29, 0.717) is 0 Å². The number of hydrazine groups is 1. The van der Waals surface area contributed by atoms with Crippen molar-refractivity contribution in [2.24, 2.45) is 0 Å². The highest BCUT2D eigenvalue weighted by molar-refractivity contribution is 9.10. The molecule has 0 atom stereocenters. The molecule has 0 rings (SSSR count). The third-order valence-corrected chi connectivity index (χ3v) is 1.08. The number of halogens is 3. The molecule has 0 aliphatic carbocycles. The van der Waals surface area contributed by atoms with Crippen molar-refractivity contribution in [3.63, 3.8) is 0 Å². The average Bonchev–Trinajstić information content (AvgIpc) is 1.97. The number of carbonyl (C=O) groups is 2. The third kappa shape index (κ3) is 4.19. The van der Waals surface area contributed by atoms with Gasteiger partial charge in [-0.3, -0.25) is 20.4 Å². The zero-order valence-corrected chi connectivity index (χ0v) is 7.19. The van der Waals surface area contributed by atoms with Gasteiger partial charge in [-0.05, 0) is 0 Å². The van der Waals surface area contributed by atoms with E-state index in [1.807, 2.05) is 0 Å². The summed E-state index contributed by atoms with van der Waals surface area (Å²) in [6, 6.07) is 0. The second kappa shape index (κ2) is 4.31. The number of nitrogens with one attached hydrogen (secondary N) is 2. The van der Waals surface area contributed by atoms with Gasteiger partial charge in [-0.2, -0.15) is 8.78 Å². The quantitative estimate of drug-likeness (QED) is 0.437. The van der Waals surface area contributed by atoms with Crippen molar-refractivity contribution < 1.29 is 23.5 Å². The van der Waals surface area contributed by atoms with Crippen molar-refractivity contribution >= 4 is 27.7 Å². The summed E-state index contributed by atoms with van der Waals surface area (Å²) in [5.74, 6) is -2.70. The summed E-state index contributed by atoms with van der Waals surface area (Å²) in [5.41, 5.74) is 2.92. The zero-order valence-electron chi connectivity index (χ0n) is 5.60. The smallest absolute Gasteiger partial charge is 0.379 e. The molecule has 0 saturated heterocycles. The van der Waals surface area contributed by atoms with E-state index in [2.05, 4.69) is 0 Å². The summed E-state index contributed by atoms with van der Waals surface area (Å²) in [7, 11) is 0. The maximum absolute atomic E-state index is 12.0. The average molecular weight is 247 g/mol. The largest absolute Gasteiger partial charge is 0.386 e.